The molecule has 1 nitrogen and oxygen atoms in total. The largest absolute Gasteiger partial charge is 0.334 e. The molecule has 17 heavy (non-hydrogen) atoms. The molecule has 0 heterocycles. The number of carbonyl (C=O) groups is 1. The fourth-order valence-corrected chi connectivity index (χ4v) is 1.92. The van der Waals surface area contributed by atoms with Crippen LogP contribution in [0.25, 0.3) is 0 Å². The van der Waals surface area contributed by atoms with Crippen molar-refractivity contribution in [3.63, 3.8) is 0 Å². The summed E-state index contributed by atoms with van der Waals surface area (Å²) in [6.07, 6.45) is 5.53. The van der Waals surface area contributed by atoms with Crippen LogP contribution in [0.5, 0.6) is 0 Å². The molecule has 3 heteroatoms. The Bertz CT molecular complexity index is 307. The number of alkyl halides is 1. The summed E-state index contributed by atoms with van der Waals surface area (Å²) in [5.74, 6) is 0.949. The summed E-state index contributed by atoms with van der Waals surface area (Å²) in [4.78, 5) is 11.9. The Morgan fingerprint density at radius 2 is 2.00 bits per heavy atom. The van der Waals surface area contributed by atoms with Gasteiger partial charge in [0.1, 0.15) is 0 Å². The van der Waals surface area contributed by atoms with Crippen molar-refractivity contribution in [3.05, 3.63) is 48.7 Å². The van der Waals surface area contributed by atoms with Crippen LogP contribution in [0, 0.1) is 18.8 Å². The molecule has 0 N–H and O–H groups in total. The summed E-state index contributed by atoms with van der Waals surface area (Å²) in [5.41, 5.74) is 0.784. The molecule has 0 aliphatic rings. The van der Waals surface area contributed by atoms with Gasteiger partial charge in [0.15, 0.2) is 5.78 Å². The van der Waals surface area contributed by atoms with Crippen molar-refractivity contribution in [2.45, 2.75) is 19.8 Å². The van der Waals surface area contributed by atoms with Crippen LogP contribution in [0.15, 0.2) is 30.3 Å². The average Bonchev–Trinajstić information content (AvgIpc) is 2.31. The number of rotatable bonds is 7. The molecule has 0 saturated carbocycles. The molecule has 0 spiro atoms. The van der Waals surface area contributed by atoms with Gasteiger partial charge in [0.25, 0.3) is 0 Å². The molecule has 1 aromatic rings. The summed E-state index contributed by atoms with van der Waals surface area (Å²) in [5, 5.41) is 0. The standard InChI is InChI=1S/C14H17ClO.Y/c1-2-6-12(9-10-15)11-14(16)13-7-4-3-5-8-13;/h2-5,7-9,12H,6,10-11H2,1H3;/q-2;. The van der Waals surface area contributed by atoms with Crippen LogP contribution < -0.4 is 0 Å². The van der Waals surface area contributed by atoms with E-state index < -0.39 is 0 Å². The Balaban J connectivity index is 0.00000256. The van der Waals surface area contributed by atoms with Gasteiger partial charge in [-0.25, -0.2) is 6.42 Å². The Hall–Kier alpha value is 0.284. The van der Waals surface area contributed by atoms with Crippen molar-refractivity contribution < 1.29 is 37.5 Å². The fourth-order valence-electron chi connectivity index (χ4n) is 1.67. The van der Waals surface area contributed by atoms with E-state index in [1.165, 1.54) is 0 Å². The van der Waals surface area contributed by atoms with Crippen molar-refractivity contribution in [3.8, 4) is 0 Å². The first kappa shape index (κ1) is 17.3. The minimum Gasteiger partial charge on any atom is -0.334 e. The third kappa shape index (κ3) is 6.69. The molecule has 1 aromatic carbocycles. The maximum atomic E-state index is 11.9. The zero-order valence-electron chi connectivity index (χ0n) is 10.1. The number of benzene rings is 1. The first-order valence-corrected chi connectivity index (χ1v) is 6.06. The topological polar surface area (TPSA) is 17.1 Å². The fraction of sp³-hybridized carbons (Fsp3) is 0.357. The summed E-state index contributed by atoms with van der Waals surface area (Å²) in [6, 6.07) is 9.41. The molecule has 0 aliphatic carbocycles. The summed E-state index contributed by atoms with van der Waals surface area (Å²) >= 11 is 5.68. The Labute approximate surface area is 134 Å². The molecular weight excluding hydrogens is 309 g/mol. The first-order chi connectivity index (χ1) is 7.77. The Morgan fingerprint density at radius 3 is 2.53 bits per heavy atom. The second-order valence-corrected chi connectivity index (χ2v) is 4.10. The van der Waals surface area contributed by atoms with Crippen LogP contribution in [0.3, 0.4) is 0 Å². The van der Waals surface area contributed by atoms with Crippen LogP contribution in [0.2, 0.25) is 0 Å². The van der Waals surface area contributed by atoms with Gasteiger partial charge in [0, 0.05) is 38.3 Å². The molecule has 0 fully saturated rings. The van der Waals surface area contributed by atoms with E-state index in [1.807, 2.05) is 43.7 Å². The molecule has 0 aromatic heterocycles. The third-order valence-corrected chi connectivity index (χ3v) is 2.68. The van der Waals surface area contributed by atoms with Crippen LogP contribution in [0.4, 0.5) is 0 Å². The Morgan fingerprint density at radius 1 is 1.35 bits per heavy atom. The van der Waals surface area contributed by atoms with E-state index in [0.29, 0.717) is 12.3 Å². The van der Waals surface area contributed by atoms with E-state index in [9.17, 15) is 4.79 Å². The minimum atomic E-state index is 0. The van der Waals surface area contributed by atoms with E-state index in [1.54, 1.807) is 0 Å². The second-order valence-electron chi connectivity index (χ2n) is 3.79. The molecule has 0 amide bonds. The van der Waals surface area contributed by atoms with Gasteiger partial charge < -0.3 is 12.8 Å². The van der Waals surface area contributed by atoms with Crippen LogP contribution in [-0.2, 0) is 32.7 Å². The van der Waals surface area contributed by atoms with Gasteiger partial charge in [-0.3, -0.25) is 4.79 Å². The first-order valence-electron chi connectivity index (χ1n) is 5.53. The van der Waals surface area contributed by atoms with Crippen molar-refractivity contribution in [1.82, 2.24) is 0 Å². The molecule has 1 atom stereocenters. The van der Waals surface area contributed by atoms with Gasteiger partial charge in [0.2, 0.25) is 0 Å². The zero-order chi connectivity index (χ0) is 11.8. The molecular formula is C14H17ClOY-2. The van der Waals surface area contributed by atoms with Gasteiger partial charge in [0.05, 0.1) is 0 Å². The van der Waals surface area contributed by atoms with Gasteiger partial charge in [-0.05, 0) is 6.42 Å². The maximum Gasteiger partial charge on any atom is 0.160 e. The van der Waals surface area contributed by atoms with E-state index in [2.05, 4.69) is 6.42 Å². The normalized spacial score (nSPS) is 11.6. The van der Waals surface area contributed by atoms with Crippen molar-refractivity contribution in [2.75, 3.05) is 5.88 Å². The van der Waals surface area contributed by atoms with E-state index >= 15 is 0 Å². The second kappa shape index (κ2) is 10.2. The third-order valence-electron chi connectivity index (χ3n) is 2.50. The van der Waals surface area contributed by atoms with Crippen molar-refractivity contribution in [2.24, 2.45) is 5.92 Å². The Kier molecular flexibility index (Phi) is 10.4. The number of halogens is 1. The van der Waals surface area contributed by atoms with Crippen LogP contribution in [0.1, 0.15) is 30.1 Å². The molecule has 0 aliphatic heterocycles. The number of hydrogen-bond acceptors (Lipinski definition) is 1. The van der Waals surface area contributed by atoms with Crippen LogP contribution >= 0.6 is 11.6 Å². The maximum absolute atomic E-state index is 11.9. The molecule has 1 rings (SSSR count). The number of ketones is 1. The van der Waals surface area contributed by atoms with Gasteiger partial charge in [-0.2, -0.15) is 24.4 Å². The smallest absolute Gasteiger partial charge is 0.160 e. The van der Waals surface area contributed by atoms with E-state index in [0.717, 1.165) is 12.0 Å². The van der Waals surface area contributed by atoms with Gasteiger partial charge in [-0.1, -0.05) is 30.3 Å². The summed E-state index contributed by atoms with van der Waals surface area (Å²) in [7, 11) is 0. The predicted octanol–water partition coefficient (Wildman–Crippen LogP) is 3.93. The molecule has 0 saturated heterocycles. The number of hydrogen-bond donors (Lipinski definition) is 0. The van der Waals surface area contributed by atoms with Gasteiger partial charge in [-0.15, -0.1) is 5.88 Å². The molecule has 91 valence electrons. The van der Waals surface area contributed by atoms with Crippen LogP contribution in [-0.4, -0.2) is 11.7 Å². The number of Topliss-reactive ketones (excluding diaryl/α,β-unsaturated/α-hetero) is 1. The zero-order valence-corrected chi connectivity index (χ0v) is 13.7. The van der Waals surface area contributed by atoms with E-state index in [-0.39, 0.29) is 44.4 Å². The molecule has 0 bridgehead atoms. The summed E-state index contributed by atoms with van der Waals surface area (Å²) < 4.78 is 0. The predicted molar refractivity (Wildman–Crippen MR) is 68.5 cm³/mol. The van der Waals surface area contributed by atoms with Crippen molar-refractivity contribution in [1.29, 1.82) is 0 Å². The molecule has 1 unspecified atom stereocenters. The SMILES string of the molecule is C[CH-]CC([CH-]CCl)CC(=O)c1ccccc1.[Y]. The van der Waals surface area contributed by atoms with E-state index in [4.69, 9.17) is 11.6 Å². The monoisotopic (exact) mass is 325 g/mol. The van der Waals surface area contributed by atoms with Gasteiger partial charge >= 0.3 is 0 Å². The quantitative estimate of drug-likeness (QED) is 0.422. The summed E-state index contributed by atoms with van der Waals surface area (Å²) in [6.45, 7) is 2.00. The minimum absolute atomic E-state index is 0. The number of carbonyl (C=O) groups excluding carboxylic acids is 1. The van der Waals surface area contributed by atoms with Crippen molar-refractivity contribution >= 4 is 17.4 Å². The average molecular weight is 326 g/mol. The molecule has 1 radical (unpaired) electrons.